The van der Waals surface area contributed by atoms with Gasteiger partial charge in [-0.1, -0.05) is 0 Å². The van der Waals surface area contributed by atoms with Gasteiger partial charge in [-0.2, -0.15) is 26.3 Å². The smallest absolute Gasteiger partial charge is 0.450 e. The number of alkyl halides is 6. The lowest BCUT2D eigenvalue weighted by atomic mass is 9.98. The van der Waals surface area contributed by atoms with Crippen molar-refractivity contribution in [2.45, 2.75) is 25.2 Å². The fraction of sp³-hybridized carbons (Fsp3) is 0.333. The molecule has 0 amide bonds. The van der Waals surface area contributed by atoms with Gasteiger partial charge in [-0.3, -0.25) is 9.59 Å². The first-order valence-electron chi connectivity index (χ1n) is 5.85. The zero-order chi connectivity index (χ0) is 19.0. The predicted molar refractivity (Wildman–Crippen MR) is 62.6 cm³/mol. The molecular formula is C12H8F6O6. The Kier molecular flexibility index (Phi) is 4.92. The monoisotopic (exact) mass is 362 g/mol. The summed E-state index contributed by atoms with van der Waals surface area (Å²) in [6.45, 7) is 0. The zero-order valence-corrected chi connectivity index (χ0v) is 11.3. The summed E-state index contributed by atoms with van der Waals surface area (Å²) in [4.78, 5) is 21.7. The van der Waals surface area contributed by atoms with E-state index in [1.54, 1.807) is 0 Å². The lowest BCUT2D eigenvalue weighted by Crippen LogP contribution is -2.25. The van der Waals surface area contributed by atoms with Crippen LogP contribution in [0.25, 0.3) is 0 Å². The molecule has 0 atom stereocenters. The third kappa shape index (κ3) is 3.81. The van der Waals surface area contributed by atoms with Crippen molar-refractivity contribution >= 4 is 11.6 Å². The van der Waals surface area contributed by atoms with Crippen LogP contribution in [0, 0.1) is 0 Å². The Morgan fingerprint density at radius 3 is 1.00 bits per heavy atom. The minimum Gasteiger partial charge on any atom is -0.504 e. The summed E-state index contributed by atoms with van der Waals surface area (Å²) in [6.07, 6.45) is -14.1. The largest absolute Gasteiger partial charge is 0.504 e. The second-order valence-electron chi connectivity index (χ2n) is 4.55. The van der Waals surface area contributed by atoms with Crippen LogP contribution in [0.3, 0.4) is 0 Å². The van der Waals surface area contributed by atoms with E-state index >= 15 is 0 Å². The third-order valence-electron chi connectivity index (χ3n) is 2.90. The highest BCUT2D eigenvalue weighted by molar-refractivity contribution is 5.90. The van der Waals surface area contributed by atoms with Gasteiger partial charge in [0.2, 0.25) is 11.6 Å². The number of hydrogen-bond donors (Lipinski definition) is 4. The number of carbonyl (C=O) groups excluding carboxylic acids is 2. The van der Waals surface area contributed by atoms with Crippen LogP contribution in [0.1, 0.15) is 11.1 Å². The average molecular weight is 362 g/mol. The Morgan fingerprint density at radius 2 is 0.833 bits per heavy atom. The number of carbonyl (C=O) groups is 2. The number of Topliss-reactive ketones (excluding diaryl/α,β-unsaturated/α-hetero) is 2. The highest BCUT2D eigenvalue weighted by atomic mass is 19.4. The highest BCUT2D eigenvalue weighted by Gasteiger charge is 2.41. The van der Waals surface area contributed by atoms with Crippen molar-refractivity contribution < 1.29 is 56.4 Å². The zero-order valence-electron chi connectivity index (χ0n) is 11.3. The summed E-state index contributed by atoms with van der Waals surface area (Å²) in [5.41, 5.74) is -2.51. The van der Waals surface area contributed by atoms with E-state index in [1.807, 2.05) is 0 Å². The molecule has 0 heterocycles. The molecule has 12 heteroatoms. The molecule has 0 aliphatic rings. The van der Waals surface area contributed by atoms with Gasteiger partial charge in [-0.25, -0.2) is 0 Å². The molecule has 134 valence electrons. The van der Waals surface area contributed by atoms with Crippen LogP contribution in [0.15, 0.2) is 0 Å². The molecule has 0 fully saturated rings. The SMILES string of the molecule is O=C(Cc1c(O)c(O)c(CC(=O)C(F)(F)F)c(O)c1O)C(F)(F)F. The van der Waals surface area contributed by atoms with Crippen molar-refractivity contribution in [3.63, 3.8) is 0 Å². The molecule has 0 unspecified atom stereocenters. The Labute approximate surface area is 128 Å². The summed E-state index contributed by atoms with van der Waals surface area (Å²) in [7, 11) is 0. The summed E-state index contributed by atoms with van der Waals surface area (Å²) >= 11 is 0. The Hall–Kier alpha value is -2.66. The van der Waals surface area contributed by atoms with Crippen molar-refractivity contribution in [1.29, 1.82) is 0 Å². The number of phenols is 4. The molecule has 0 spiro atoms. The van der Waals surface area contributed by atoms with Crippen LogP contribution >= 0.6 is 0 Å². The minimum atomic E-state index is -5.37. The summed E-state index contributed by atoms with van der Waals surface area (Å²) in [5.74, 6) is -11.2. The van der Waals surface area contributed by atoms with Crippen molar-refractivity contribution in [2.75, 3.05) is 0 Å². The van der Waals surface area contributed by atoms with Gasteiger partial charge in [-0.15, -0.1) is 0 Å². The van der Waals surface area contributed by atoms with Gasteiger partial charge in [-0.05, 0) is 0 Å². The topological polar surface area (TPSA) is 115 Å². The van der Waals surface area contributed by atoms with Crippen molar-refractivity contribution in [3.8, 4) is 23.0 Å². The fourth-order valence-electron chi connectivity index (χ4n) is 1.65. The normalized spacial score (nSPS) is 12.2. The molecule has 0 aliphatic carbocycles. The molecule has 0 aliphatic heterocycles. The fourth-order valence-corrected chi connectivity index (χ4v) is 1.65. The van der Waals surface area contributed by atoms with Gasteiger partial charge < -0.3 is 20.4 Å². The van der Waals surface area contributed by atoms with E-state index < -0.39 is 70.9 Å². The van der Waals surface area contributed by atoms with E-state index in [2.05, 4.69) is 0 Å². The molecule has 0 saturated heterocycles. The number of halogens is 6. The first kappa shape index (κ1) is 19.4. The highest BCUT2D eigenvalue weighted by Crippen LogP contribution is 2.47. The molecule has 0 aromatic heterocycles. The quantitative estimate of drug-likeness (QED) is 0.369. The molecule has 1 rings (SSSR count). The number of aromatic hydroxyl groups is 4. The maximum atomic E-state index is 12.2. The lowest BCUT2D eigenvalue weighted by Gasteiger charge is -2.15. The molecule has 0 bridgehead atoms. The van der Waals surface area contributed by atoms with E-state index in [-0.39, 0.29) is 0 Å². The van der Waals surface area contributed by atoms with Gasteiger partial charge in [0.1, 0.15) is 0 Å². The molecule has 1 aromatic rings. The third-order valence-corrected chi connectivity index (χ3v) is 2.90. The van der Waals surface area contributed by atoms with Crippen LogP contribution in [0.2, 0.25) is 0 Å². The lowest BCUT2D eigenvalue weighted by molar-refractivity contribution is -0.170. The number of rotatable bonds is 4. The van der Waals surface area contributed by atoms with Crippen LogP contribution in [-0.4, -0.2) is 44.3 Å². The number of hydrogen-bond acceptors (Lipinski definition) is 6. The second-order valence-corrected chi connectivity index (χ2v) is 4.55. The van der Waals surface area contributed by atoms with Gasteiger partial charge in [0.15, 0.2) is 23.0 Å². The van der Waals surface area contributed by atoms with Crippen molar-refractivity contribution in [3.05, 3.63) is 11.1 Å². The predicted octanol–water partition coefficient (Wildman–Crippen LogP) is 1.86. The summed E-state index contributed by atoms with van der Waals surface area (Å²) in [5, 5.41) is 37.9. The van der Waals surface area contributed by atoms with Crippen LogP contribution in [-0.2, 0) is 22.4 Å². The number of phenolic OH excluding ortho intramolecular Hbond substituents is 4. The molecule has 6 nitrogen and oxygen atoms in total. The Morgan fingerprint density at radius 1 is 0.625 bits per heavy atom. The first-order chi connectivity index (χ1) is 10.7. The summed E-state index contributed by atoms with van der Waals surface area (Å²) < 4.78 is 73.0. The van der Waals surface area contributed by atoms with E-state index in [0.29, 0.717) is 0 Å². The molecule has 24 heavy (non-hydrogen) atoms. The maximum Gasteiger partial charge on any atom is 0.450 e. The molecule has 1 aromatic carbocycles. The molecular weight excluding hydrogens is 354 g/mol. The maximum absolute atomic E-state index is 12.2. The van der Waals surface area contributed by atoms with Crippen LogP contribution in [0.5, 0.6) is 23.0 Å². The van der Waals surface area contributed by atoms with E-state index in [9.17, 15) is 56.4 Å². The minimum absolute atomic E-state index is 1.25. The number of benzene rings is 1. The van der Waals surface area contributed by atoms with E-state index in [4.69, 9.17) is 0 Å². The molecule has 4 N–H and O–H groups in total. The number of ketones is 2. The van der Waals surface area contributed by atoms with Gasteiger partial charge in [0, 0.05) is 12.8 Å². The first-order valence-corrected chi connectivity index (χ1v) is 5.85. The van der Waals surface area contributed by atoms with Crippen molar-refractivity contribution in [2.24, 2.45) is 0 Å². The molecule has 0 radical (unpaired) electrons. The van der Waals surface area contributed by atoms with Crippen molar-refractivity contribution in [1.82, 2.24) is 0 Å². The second kappa shape index (κ2) is 6.09. The summed E-state index contributed by atoms with van der Waals surface area (Å²) in [6, 6.07) is 0. The van der Waals surface area contributed by atoms with E-state index in [1.165, 1.54) is 0 Å². The standard InChI is InChI=1S/C12H8F6O6/c13-11(14,15)5(19)1-3-7(21)9(23)4(10(24)8(3)22)2-6(20)12(16,17)18/h21-24H,1-2H2. The van der Waals surface area contributed by atoms with Gasteiger partial charge in [0.05, 0.1) is 11.1 Å². The Bertz CT molecular complexity index is 603. The average Bonchev–Trinajstić information content (AvgIpc) is 2.43. The van der Waals surface area contributed by atoms with Crippen LogP contribution in [0.4, 0.5) is 26.3 Å². The van der Waals surface area contributed by atoms with Crippen LogP contribution < -0.4 is 0 Å². The molecule has 0 saturated carbocycles. The Balaban J connectivity index is 3.36. The van der Waals surface area contributed by atoms with Gasteiger partial charge >= 0.3 is 12.4 Å². The van der Waals surface area contributed by atoms with Gasteiger partial charge in [0.25, 0.3) is 0 Å². The van der Waals surface area contributed by atoms with E-state index in [0.717, 1.165) is 0 Å².